The first-order valence-corrected chi connectivity index (χ1v) is 10.7. The number of anilines is 1. The summed E-state index contributed by atoms with van der Waals surface area (Å²) in [4.78, 5) is 37.5. The fourth-order valence-electron chi connectivity index (χ4n) is 3.26. The van der Waals surface area contributed by atoms with Crippen molar-refractivity contribution >= 4 is 28.8 Å². The van der Waals surface area contributed by atoms with E-state index in [4.69, 9.17) is 0 Å². The maximum Gasteiger partial charge on any atom is 0.275 e. The normalized spacial score (nSPS) is 11.5. The Morgan fingerprint density at radius 1 is 1.00 bits per heavy atom. The van der Waals surface area contributed by atoms with Crippen LogP contribution in [0.25, 0.3) is 0 Å². The largest absolute Gasteiger partial charge is 0.324 e. The maximum atomic E-state index is 13.5. The minimum absolute atomic E-state index is 0.138. The Bertz CT molecular complexity index is 1170. The molecule has 1 atom stereocenters. The van der Waals surface area contributed by atoms with Crippen molar-refractivity contribution in [3.8, 4) is 0 Å². The van der Waals surface area contributed by atoms with Gasteiger partial charge in [0.25, 0.3) is 11.8 Å². The number of hydrogen-bond acceptors (Lipinski definition) is 5. The fourth-order valence-corrected chi connectivity index (χ4v) is 3.96. The van der Waals surface area contributed by atoms with Crippen molar-refractivity contribution < 1.29 is 14.0 Å². The van der Waals surface area contributed by atoms with Crippen LogP contribution in [-0.4, -0.2) is 26.7 Å². The number of hydrogen-bond donors (Lipinski definition) is 1. The second-order valence-corrected chi connectivity index (χ2v) is 7.94. The first kappa shape index (κ1) is 21.3. The van der Waals surface area contributed by atoms with E-state index >= 15 is 0 Å². The zero-order chi connectivity index (χ0) is 22.3. The standard InChI is InChI=1S/C24H19FN4O2S/c25-18-8-10-19(11-9-18)28-23(30)22(17-5-2-1-3-6-17)29(16-20-7-4-14-32-20)24(31)21-15-26-12-13-27-21/h1-15,22H,16H2,(H,28,30). The smallest absolute Gasteiger partial charge is 0.275 e. The highest BCUT2D eigenvalue weighted by molar-refractivity contribution is 7.09. The molecule has 0 aliphatic carbocycles. The lowest BCUT2D eigenvalue weighted by molar-refractivity contribution is -0.121. The van der Waals surface area contributed by atoms with Crippen LogP contribution in [-0.2, 0) is 11.3 Å². The molecule has 2 aromatic heterocycles. The Morgan fingerprint density at radius 2 is 1.78 bits per heavy atom. The predicted octanol–water partition coefficient (Wildman–Crippen LogP) is 4.70. The molecule has 4 aromatic rings. The van der Waals surface area contributed by atoms with Crippen molar-refractivity contribution in [1.29, 1.82) is 0 Å². The number of amides is 2. The average Bonchev–Trinajstić information content (AvgIpc) is 3.34. The molecule has 0 radical (unpaired) electrons. The van der Waals surface area contributed by atoms with Crippen LogP contribution in [0.4, 0.5) is 10.1 Å². The second-order valence-electron chi connectivity index (χ2n) is 6.91. The third-order valence-electron chi connectivity index (χ3n) is 4.74. The summed E-state index contributed by atoms with van der Waals surface area (Å²) in [6, 6.07) is 17.4. The monoisotopic (exact) mass is 446 g/mol. The molecule has 2 amide bonds. The minimum atomic E-state index is -0.946. The molecule has 32 heavy (non-hydrogen) atoms. The fraction of sp³-hybridized carbons (Fsp3) is 0.0833. The molecule has 1 unspecified atom stereocenters. The molecule has 2 heterocycles. The highest BCUT2D eigenvalue weighted by atomic mass is 32.1. The number of rotatable bonds is 7. The van der Waals surface area contributed by atoms with E-state index < -0.39 is 23.7 Å². The summed E-state index contributed by atoms with van der Waals surface area (Å²) < 4.78 is 13.3. The van der Waals surface area contributed by atoms with Gasteiger partial charge >= 0.3 is 0 Å². The number of thiophene rings is 1. The van der Waals surface area contributed by atoms with Gasteiger partial charge in [0.05, 0.1) is 12.7 Å². The summed E-state index contributed by atoms with van der Waals surface area (Å²) in [6.45, 7) is 0.212. The number of nitrogens with zero attached hydrogens (tertiary/aromatic N) is 3. The Labute approximate surface area is 188 Å². The average molecular weight is 447 g/mol. The lowest BCUT2D eigenvalue weighted by Crippen LogP contribution is -2.41. The zero-order valence-corrected chi connectivity index (χ0v) is 17.7. The molecule has 1 N–H and O–H groups in total. The van der Waals surface area contributed by atoms with E-state index in [1.165, 1.54) is 59.1 Å². The molecule has 0 spiro atoms. The van der Waals surface area contributed by atoms with Crippen LogP contribution in [0.2, 0.25) is 0 Å². The SMILES string of the molecule is O=C(Nc1ccc(F)cc1)C(c1ccccc1)N(Cc1cccs1)C(=O)c1cnccn1. The Hall–Kier alpha value is -3.91. The Morgan fingerprint density at radius 3 is 2.44 bits per heavy atom. The number of carbonyl (C=O) groups is 2. The predicted molar refractivity (Wildman–Crippen MR) is 120 cm³/mol. The number of nitrogens with one attached hydrogen (secondary N) is 1. The van der Waals surface area contributed by atoms with Crippen molar-refractivity contribution in [3.63, 3.8) is 0 Å². The summed E-state index contributed by atoms with van der Waals surface area (Å²) in [5.41, 5.74) is 1.21. The van der Waals surface area contributed by atoms with E-state index in [9.17, 15) is 14.0 Å². The topological polar surface area (TPSA) is 75.2 Å². The van der Waals surface area contributed by atoms with Crippen LogP contribution < -0.4 is 5.32 Å². The van der Waals surface area contributed by atoms with Gasteiger partial charge in [0.2, 0.25) is 0 Å². The van der Waals surface area contributed by atoms with Crippen molar-refractivity contribution in [2.45, 2.75) is 12.6 Å². The molecular weight excluding hydrogens is 427 g/mol. The van der Waals surface area contributed by atoms with E-state index in [0.717, 1.165) is 4.88 Å². The van der Waals surface area contributed by atoms with Gasteiger partial charge in [-0.05, 0) is 41.3 Å². The molecule has 2 aromatic carbocycles. The molecule has 0 saturated heterocycles. The molecule has 0 saturated carbocycles. The molecule has 6 nitrogen and oxygen atoms in total. The Kier molecular flexibility index (Phi) is 6.62. The van der Waals surface area contributed by atoms with Crippen molar-refractivity contribution in [1.82, 2.24) is 14.9 Å². The maximum absolute atomic E-state index is 13.5. The van der Waals surface area contributed by atoms with Crippen molar-refractivity contribution in [2.24, 2.45) is 0 Å². The van der Waals surface area contributed by atoms with E-state index in [0.29, 0.717) is 11.3 Å². The quantitative estimate of drug-likeness (QED) is 0.447. The number of aromatic nitrogens is 2. The first-order chi connectivity index (χ1) is 15.6. The minimum Gasteiger partial charge on any atom is -0.324 e. The van der Waals surface area contributed by atoms with Crippen molar-refractivity contribution in [3.05, 3.63) is 113 Å². The number of halogens is 1. The van der Waals surface area contributed by atoms with Gasteiger partial charge in [-0.1, -0.05) is 36.4 Å². The van der Waals surface area contributed by atoms with Crippen LogP contribution in [0.15, 0.2) is 90.7 Å². The summed E-state index contributed by atoms with van der Waals surface area (Å²) in [6.07, 6.45) is 4.30. The lowest BCUT2D eigenvalue weighted by atomic mass is 10.0. The zero-order valence-electron chi connectivity index (χ0n) is 16.9. The van der Waals surface area contributed by atoms with E-state index in [-0.39, 0.29) is 12.2 Å². The summed E-state index contributed by atoms with van der Waals surface area (Å²) >= 11 is 1.49. The molecule has 160 valence electrons. The summed E-state index contributed by atoms with van der Waals surface area (Å²) in [5, 5.41) is 4.72. The van der Waals surface area contributed by atoms with Gasteiger partial charge in [0, 0.05) is 23.0 Å². The van der Waals surface area contributed by atoms with Gasteiger partial charge < -0.3 is 10.2 Å². The van der Waals surface area contributed by atoms with Crippen LogP contribution in [0, 0.1) is 5.82 Å². The van der Waals surface area contributed by atoms with Crippen LogP contribution in [0.3, 0.4) is 0 Å². The molecule has 0 aliphatic rings. The molecule has 8 heteroatoms. The third-order valence-corrected chi connectivity index (χ3v) is 5.60. The van der Waals surface area contributed by atoms with Gasteiger partial charge in [-0.3, -0.25) is 14.6 Å². The third kappa shape index (κ3) is 5.04. The Balaban J connectivity index is 1.74. The second kappa shape index (κ2) is 9.93. The van der Waals surface area contributed by atoms with Crippen molar-refractivity contribution in [2.75, 3.05) is 5.32 Å². The molecule has 0 aliphatic heterocycles. The first-order valence-electron chi connectivity index (χ1n) is 9.82. The van der Waals surface area contributed by atoms with Crippen LogP contribution in [0.5, 0.6) is 0 Å². The summed E-state index contributed by atoms with van der Waals surface area (Å²) in [7, 11) is 0. The lowest BCUT2D eigenvalue weighted by Gasteiger charge is -2.31. The highest BCUT2D eigenvalue weighted by Crippen LogP contribution is 2.28. The molecule has 0 bridgehead atoms. The summed E-state index contributed by atoms with van der Waals surface area (Å²) in [5.74, 6) is -1.24. The molecule has 0 fully saturated rings. The molecular formula is C24H19FN4O2S. The van der Waals surface area contributed by atoms with E-state index in [2.05, 4.69) is 15.3 Å². The van der Waals surface area contributed by atoms with Gasteiger partial charge in [-0.15, -0.1) is 11.3 Å². The van der Waals surface area contributed by atoms with Gasteiger partial charge in [-0.25, -0.2) is 9.37 Å². The van der Waals surface area contributed by atoms with E-state index in [1.807, 2.05) is 35.7 Å². The van der Waals surface area contributed by atoms with Gasteiger partial charge in [0.15, 0.2) is 0 Å². The highest BCUT2D eigenvalue weighted by Gasteiger charge is 2.33. The van der Waals surface area contributed by atoms with Gasteiger partial charge in [0.1, 0.15) is 17.6 Å². The van der Waals surface area contributed by atoms with Crippen LogP contribution >= 0.6 is 11.3 Å². The van der Waals surface area contributed by atoms with E-state index in [1.54, 1.807) is 12.1 Å². The van der Waals surface area contributed by atoms with Crippen LogP contribution in [0.1, 0.15) is 27.0 Å². The molecule has 4 rings (SSSR count). The van der Waals surface area contributed by atoms with Gasteiger partial charge in [-0.2, -0.15) is 0 Å². The number of carbonyl (C=O) groups excluding carboxylic acids is 2. The number of benzene rings is 2.